The monoisotopic (exact) mass is 308 g/mol. The van der Waals surface area contributed by atoms with E-state index in [4.69, 9.17) is 0 Å². The second kappa shape index (κ2) is 7.40. The Morgan fingerprint density at radius 1 is 0.783 bits per heavy atom. The minimum Gasteiger partial charge on any atom is -0.326 e. The lowest BCUT2D eigenvalue weighted by molar-refractivity contribution is -0.114. The van der Waals surface area contributed by atoms with Gasteiger partial charge in [0.25, 0.3) is 5.91 Å². The van der Waals surface area contributed by atoms with Gasteiger partial charge < -0.3 is 10.6 Å². The van der Waals surface area contributed by atoms with Crippen molar-refractivity contribution in [2.75, 3.05) is 10.6 Å². The van der Waals surface area contributed by atoms with Crippen molar-refractivity contribution in [1.29, 1.82) is 0 Å². The highest BCUT2D eigenvalue weighted by molar-refractivity contribution is 6.03. The van der Waals surface area contributed by atoms with E-state index in [0.717, 1.165) is 22.5 Å². The topological polar surface area (TPSA) is 58.2 Å². The Labute approximate surface area is 136 Å². The summed E-state index contributed by atoms with van der Waals surface area (Å²) in [7, 11) is 0. The van der Waals surface area contributed by atoms with E-state index in [1.54, 1.807) is 13.0 Å². The van der Waals surface area contributed by atoms with Gasteiger partial charge in [-0.3, -0.25) is 9.59 Å². The zero-order valence-electron chi connectivity index (χ0n) is 13.5. The molecule has 0 bridgehead atoms. The Morgan fingerprint density at radius 3 is 1.61 bits per heavy atom. The first-order valence-corrected chi connectivity index (χ1v) is 7.42. The van der Waals surface area contributed by atoms with E-state index in [9.17, 15) is 9.59 Å². The van der Waals surface area contributed by atoms with Crippen molar-refractivity contribution in [3.63, 3.8) is 0 Å². The highest BCUT2D eigenvalue weighted by Gasteiger charge is 2.04. The third kappa shape index (κ3) is 4.54. The molecule has 0 saturated carbocycles. The molecule has 2 aromatic carbocycles. The number of carbonyl (C=O) groups excluding carboxylic acids is 2. The lowest BCUT2D eigenvalue weighted by Gasteiger charge is -2.08. The molecule has 0 spiro atoms. The van der Waals surface area contributed by atoms with E-state index in [0.29, 0.717) is 5.57 Å². The smallest absolute Gasteiger partial charge is 0.250 e. The first kappa shape index (κ1) is 16.5. The fourth-order valence-corrected chi connectivity index (χ4v) is 2.06. The Hall–Kier alpha value is -2.88. The number of hydrogen-bond donors (Lipinski definition) is 2. The van der Waals surface area contributed by atoms with Crippen molar-refractivity contribution in [3.05, 3.63) is 60.2 Å². The largest absolute Gasteiger partial charge is 0.326 e. The van der Waals surface area contributed by atoms with Crippen molar-refractivity contribution in [2.24, 2.45) is 0 Å². The summed E-state index contributed by atoms with van der Waals surface area (Å²) >= 11 is 0. The van der Waals surface area contributed by atoms with E-state index in [1.165, 1.54) is 6.92 Å². The second-order valence-corrected chi connectivity index (χ2v) is 5.26. The van der Waals surface area contributed by atoms with Gasteiger partial charge in [0.05, 0.1) is 0 Å². The molecular weight excluding hydrogens is 288 g/mol. The van der Waals surface area contributed by atoms with E-state index in [2.05, 4.69) is 10.6 Å². The molecular formula is C19H20N2O2. The van der Waals surface area contributed by atoms with E-state index < -0.39 is 0 Å². The highest BCUT2D eigenvalue weighted by Crippen LogP contribution is 2.23. The molecule has 0 aromatic heterocycles. The SMILES string of the molecule is C/C=C(\C)C(=O)Nc1ccc(-c2ccc(NC(C)=O)cc2)cc1. The minimum absolute atomic E-state index is 0.0886. The minimum atomic E-state index is -0.0973. The maximum absolute atomic E-state index is 11.8. The van der Waals surface area contributed by atoms with Gasteiger partial charge in [0, 0.05) is 23.9 Å². The van der Waals surface area contributed by atoms with Crippen molar-refractivity contribution < 1.29 is 9.59 Å². The van der Waals surface area contributed by atoms with Gasteiger partial charge in [0.15, 0.2) is 0 Å². The van der Waals surface area contributed by atoms with Crippen LogP contribution in [-0.4, -0.2) is 11.8 Å². The fourth-order valence-electron chi connectivity index (χ4n) is 2.06. The Morgan fingerprint density at radius 2 is 1.22 bits per heavy atom. The molecule has 2 amide bonds. The molecule has 0 heterocycles. The number of carbonyl (C=O) groups is 2. The predicted molar refractivity (Wildman–Crippen MR) is 94.2 cm³/mol. The standard InChI is InChI=1S/C19H20N2O2/c1-4-13(2)19(23)21-18-11-7-16(8-12-18)15-5-9-17(10-6-15)20-14(3)22/h4-12H,1-3H3,(H,20,22)(H,21,23)/b13-4+. The molecule has 0 saturated heterocycles. The number of anilines is 2. The summed E-state index contributed by atoms with van der Waals surface area (Å²) in [5, 5.41) is 5.59. The van der Waals surface area contributed by atoms with E-state index in [-0.39, 0.29) is 11.8 Å². The number of benzene rings is 2. The fraction of sp³-hybridized carbons (Fsp3) is 0.158. The van der Waals surface area contributed by atoms with Gasteiger partial charge in [-0.25, -0.2) is 0 Å². The first-order chi connectivity index (χ1) is 11.0. The Balaban J connectivity index is 2.10. The highest BCUT2D eigenvalue weighted by atomic mass is 16.2. The molecule has 0 aliphatic heterocycles. The average Bonchev–Trinajstić information content (AvgIpc) is 2.55. The quantitative estimate of drug-likeness (QED) is 0.831. The van der Waals surface area contributed by atoms with Crippen LogP contribution < -0.4 is 10.6 Å². The molecule has 0 radical (unpaired) electrons. The van der Waals surface area contributed by atoms with Gasteiger partial charge in [-0.15, -0.1) is 0 Å². The van der Waals surface area contributed by atoms with Crippen LogP contribution in [0, 0.1) is 0 Å². The third-order valence-electron chi connectivity index (χ3n) is 3.47. The van der Waals surface area contributed by atoms with Crippen molar-refractivity contribution in [1.82, 2.24) is 0 Å². The molecule has 4 heteroatoms. The van der Waals surface area contributed by atoms with Crippen LogP contribution in [0.1, 0.15) is 20.8 Å². The van der Waals surface area contributed by atoms with Gasteiger partial charge in [-0.05, 0) is 49.2 Å². The van der Waals surface area contributed by atoms with Gasteiger partial charge in [0.2, 0.25) is 5.91 Å². The maximum atomic E-state index is 11.8. The van der Waals surface area contributed by atoms with Crippen LogP contribution in [0.4, 0.5) is 11.4 Å². The van der Waals surface area contributed by atoms with Crippen LogP contribution in [0.15, 0.2) is 60.2 Å². The van der Waals surface area contributed by atoms with Crippen molar-refractivity contribution >= 4 is 23.2 Å². The summed E-state index contributed by atoms with van der Waals surface area (Å²) in [4.78, 5) is 22.8. The summed E-state index contributed by atoms with van der Waals surface area (Å²) in [6, 6.07) is 15.3. The zero-order valence-corrected chi connectivity index (χ0v) is 13.5. The molecule has 0 aliphatic rings. The molecule has 4 nitrogen and oxygen atoms in total. The van der Waals surface area contributed by atoms with Crippen LogP contribution in [0.25, 0.3) is 11.1 Å². The van der Waals surface area contributed by atoms with Crippen LogP contribution in [-0.2, 0) is 9.59 Å². The molecule has 0 atom stereocenters. The normalized spacial score (nSPS) is 11.0. The number of allylic oxidation sites excluding steroid dienone is 1. The number of nitrogens with one attached hydrogen (secondary N) is 2. The van der Waals surface area contributed by atoms with Crippen LogP contribution in [0.5, 0.6) is 0 Å². The molecule has 2 aromatic rings. The van der Waals surface area contributed by atoms with Crippen LogP contribution in [0.2, 0.25) is 0 Å². The molecule has 23 heavy (non-hydrogen) atoms. The first-order valence-electron chi connectivity index (χ1n) is 7.42. The molecule has 0 aliphatic carbocycles. The summed E-state index contributed by atoms with van der Waals surface area (Å²) in [6.45, 7) is 5.10. The molecule has 118 valence electrons. The summed E-state index contributed by atoms with van der Waals surface area (Å²) in [5.41, 5.74) is 4.30. The molecule has 2 N–H and O–H groups in total. The molecule has 0 unspecified atom stereocenters. The lowest BCUT2D eigenvalue weighted by Crippen LogP contribution is -2.12. The third-order valence-corrected chi connectivity index (χ3v) is 3.47. The van der Waals surface area contributed by atoms with Gasteiger partial charge in [0.1, 0.15) is 0 Å². The molecule has 2 rings (SSSR count). The maximum Gasteiger partial charge on any atom is 0.250 e. The lowest BCUT2D eigenvalue weighted by atomic mass is 10.0. The zero-order chi connectivity index (χ0) is 16.8. The van der Waals surface area contributed by atoms with Gasteiger partial charge in [-0.1, -0.05) is 30.3 Å². The summed E-state index contributed by atoms with van der Waals surface area (Å²) in [6.07, 6.45) is 1.78. The van der Waals surface area contributed by atoms with Crippen molar-refractivity contribution in [2.45, 2.75) is 20.8 Å². The van der Waals surface area contributed by atoms with E-state index in [1.807, 2.05) is 55.5 Å². The average molecular weight is 308 g/mol. The van der Waals surface area contributed by atoms with Crippen LogP contribution >= 0.6 is 0 Å². The Bertz CT molecular complexity index is 729. The summed E-state index contributed by atoms with van der Waals surface area (Å²) in [5.74, 6) is -0.186. The Kier molecular flexibility index (Phi) is 5.31. The van der Waals surface area contributed by atoms with Crippen molar-refractivity contribution in [3.8, 4) is 11.1 Å². The number of amides is 2. The predicted octanol–water partition coefficient (Wildman–Crippen LogP) is 4.22. The van der Waals surface area contributed by atoms with Gasteiger partial charge in [-0.2, -0.15) is 0 Å². The number of rotatable bonds is 4. The van der Waals surface area contributed by atoms with Crippen LogP contribution in [0.3, 0.4) is 0 Å². The molecule has 0 fully saturated rings. The van der Waals surface area contributed by atoms with E-state index >= 15 is 0 Å². The van der Waals surface area contributed by atoms with Gasteiger partial charge >= 0.3 is 0 Å². The summed E-state index contributed by atoms with van der Waals surface area (Å²) < 4.78 is 0. The second-order valence-electron chi connectivity index (χ2n) is 5.26. The number of hydrogen-bond acceptors (Lipinski definition) is 2.